The van der Waals surface area contributed by atoms with E-state index < -0.39 is 107 Å². The standard InChI is InChI=1S/C54H76N14O10/c1-32(2)28-41(66-47(72)36(55)29-33-14-6-3-7-15-33)50(75)67-42(31-35-18-10-5-11-19-35)51(76)64-39(23-25-45(57)70)53(78)68-27-13-21-43(68)52(77)63-38(22-24-44(56)69)49(74)62-37(20-12-26-61-54(59)60)48(73)65-40(46(58)71)30-34-16-8-4-9-17-34/h3-11,14-19,32,36-43H,12-13,20-31,55H2,1-2H3,(H2,56,69)(H2,57,70)(H2,58,71)(H,62,74)(H,63,77)(H,64,76)(H,65,73)(H,66,72)(H,67,75)(H4,59,60,61)/t36?,37-,38-,39-,40?,41-,42-,43-/m0/s1. The van der Waals surface area contributed by atoms with E-state index in [1.165, 1.54) is 4.90 Å². The molecular weight excluding hydrogens is 1000 g/mol. The zero-order valence-corrected chi connectivity index (χ0v) is 44.2. The fourth-order valence-corrected chi connectivity index (χ4v) is 8.81. The van der Waals surface area contributed by atoms with Crippen molar-refractivity contribution in [1.29, 1.82) is 0 Å². The Hall–Kier alpha value is -8.41. The van der Waals surface area contributed by atoms with E-state index in [-0.39, 0.29) is 95.6 Å². The largest absolute Gasteiger partial charge is 0.370 e. The summed E-state index contributed by atoms with van der Waals surface area (Å²) in [4.78, 5) is 141. The lowest BCUT2D eigenvalue weighted by Crippen LogP contribution is -2.60. The minimum absolute atomic E-state index is 0.00718. The minimum atomic E-state index is -1.50. The highest BCUT2D eigenvalue weighted by Gasteiger charge is 2.40. The van der Waals surface area contributed by atoms with Gasteiger partial charge in [-0.05, 0) is 74.0 Å². The van der Waals surface area contributed by atoms with Gasteiger partial charge in [-0.1, -0.05) is 105 Å². The molecule has 0 spiro atoms. The summed E-state index contributed by atoms with van der Waals surface area (Å²) in [5.41, 5.74) is 36.0. The van der Waals surface area contributed by atoms with Gasteiger partial charge in [0.2, 0.25) is 59.1 Å². The van der Waals surface area contributed by atoms with Gasteiger partial charge >= 0.3 is 0 Å². The van der Waals surface area contributed by atoms with Crippen LogP contribution in [0.1, 0.15) is 88.3 Å². The van der Waals surface area contributed by atoms with E-state index in [4.69, 9.17) is 34.4 Å². The molecule has 0 bridgehead atoms. The molecule has 1 fully saturated rings. The molecule has 10 amide bonds. The predicted octanol–water partition coefficient (Wildman–Crippen LogP) is -1.94. The Morgan fingerprint density at radius 3 is 1.49 bits per heavy atom. The van der Waals surface area contributed by atoms with Crippen LogP contribution in [-0.2, 0) is 67.2 Å². The van der Waals surface area contributed by atoms with Crippen LogP contribution in [0.2, 0.25) is 0 Å². The summed E-state index contributed by atoms with van der Waals surface area (Å²) >= 11 is 0. The first kappa shape index (κ1) is 62.1. The van der Waals surface area contributed by atoms with E-state index >= 15 is 0 Å². The molecule has 3 aromatic rings. The number of guanidine groups is 1. The van der Waals surface area contributed by atoms with Gasteiger partial charge in [-0.15, -0.1) is 0 Å². The van der Waals surface area contributed by atoms with Crippen LogP contribution in [-0.4, -0.2) is 131 Å². The topological polar surface area (TPSA) is 415 Å². The Morgan fingerprint density at radius 2 is 0.974 bits per heavy atom. The van der Waals surface area contributed by atoms with Crippen molar-refractivity contribution in [2.24, 2.45) is 45.3 Å². The second kappa shape index (κ2) is 31.6. The highest BCUT2D eigenvalue weighted by atomic mass is 16.2. The predicted molar refractivity (Wildman–Crippen MR) is 290 cm³/mol. The van der Waals surface area contributed by atoms with E-state index in [0.29, 0.717) is 17.5 Å². The second-order valence-corrected chi connectivity index (χ2v) is 19.7. The number of nitrogens with two attached hydrogens (primary N) is 6. The summed E-state index contributed by atoms with van der Waals surface area (Å²) in [6.07, 6.45) is -0.533. The van der Waals surface area contributed by atoms with Gasteiger partial charge in [0.05, 0.1) is 6.04 Å². The van der Waals surface area contributed by atoms with Crippen LogP contribution in [0.15, 0.2) is 96.0 Å². The molecule has 2 unspecified atom stereocenters. The SMILES string of the molecule is CC(C)C[C@H](NC(=O)C(N)Cc1ccccc1)C(=O)N[C@@H](Cc1ccccc1)C(=O)N[C@@H](CCC(N)=O)C(=O)N1CCC[C@H]1C(=O)N[C@@H](CCC(N)=O)C(=O)N[C@@H](CCCN=C(N)N)C(=O)NC(Cc1ccccc1)C(N)=O. The number of carbonyl (C=O) groups excluding carboxylic acids is 10. The number of carbonyl (C=O) groups is 10. The maximum atomic E-state index is 14.6. The lowest BCUT2D eigenvalue weighted by molar-refractivity contribution is -0.143. The van der Waals surface area contributed by atoms with Gasteiger partial charge in [-0.25, -0.2) is 0 Å². The number of aliphatic imine (C=N–C) groups is 1. The molecule has 0 aromatic heterocycles. The van der Waals surface area contributed by atoms with E-state index in [9.17, 15) is 47.9 Å². The zero-order valence-electron chi connectivity index (χ0n) is 44.2. The molecule has 0 saturated carbocycles. The lowest BCUT2D eigenvalue weighted by Gasteiger charge is -2.31. The molecule has 18 N–H and O–H groups in total. The number of amides is 10. The van der Waals surface area contributed by atoms with Crippen LogP contribution in [0.4, 0.5) is 0 Å². The molecule has 1 saturated heterocycles. The van der Waals surface area contributed by atoms with Crippen molar-refractivity contribution in [2.45, 2.75) is 139 Å². The Kier molecular flexibility index (Phi) is 25.2. The summed E-state index contributed by atoms with van der Waals surface area (Å²) in [6.45, 7) is 3.78. The third-order valence-electron chi connectivity index (χ3n) is 12.9. The molecule has 78 heavy (non-hydrogen) atoms. The summed E-state index contributed by atoms with van der Waals surface area (Å²) in [7, 11) is 0. The monoisotopic (exact) mass is 1080 g/mol. The minimum Gasteiger partial charge on any atom is -0.370 e. The number of rotatable bonds is 32. The molecule has 3 aromatic carbocycles. The summed E-state index contributed by atoms with van der Waals surface area (Å²) in [5, 5.41) is 16.0. The Balaban J connectivity index is 1.56. The van der Waals surface area contributed by atoms with Gasteiger partial charge in [0, 0.05) is 38.8 Å². The summed E-state index contributed by atoms with van der Waals surface area (Å²) in [5.74, 6) is -8.16. The van der Waals surface area contributed by atoms with Crippen molar-refractivity contribution >= 4 is 65.0 Å². The van der Waals surface area contributed by atoms with Gasteiger partial charge in [0.15, 0.2) is 5.96 Å². The maximum absolute atomic E-state index is 14.6. The first-order chi connectivity index (χ1) is 37.1. The van der Waals surface area contributed by atoms with Crippen LogP contribution in [0.25, 0.3) is 0 Å². The summed E-state index contributed by atoms with van der Waals surface area (Å²) in [6, 6.07) is 16.4. The van der Waals surface area contributed by atoms with Crippen LogP contribution in [0, 0.1) is 5.92 Å². The third-order valence-corrected chi connectivity index (χ3v) is 12.9. The molecule has 422 valence electrons. The zero-order chi connectivity index (χ0) is 57.3. The molecular formula is C54H76N14O10. The second-order valence-electron chi connectivity index (χ2n) is 19.7. The number of hydrogen-bond donors (Lipinski definition) is 12. The number of primary amides is 3. The fourth-order valence-electron chi connectivity index (χ4n) is 8.81. The number of nitrogens with zero attached hydrogens (tertiary/aromatic N) is 2. The average Bonchev–Trinajstić information content (AvgIpc) is 3.90. The van der Waals surface area contributed by atoms with E-state index in [1.54, 1.807) is 60.7 Å². The quantitative estimate of drug-likeness (QED) is 0.0184. The van der Waals surface area contributed by atoms with Gasteiger partial charge in [0.25, 0.3) is 0 Å². The highest BCUT2D eigenvalue weighted by Crippen LogP contribution is 2.21. The van der Waals surface area contributed by atoms with Crippen LogP contribution >= 0.6 is 0 Å². The van der Waals surface area contributed by atoms with Crippen molar-refractivity contribution in [3.05, 3.63) is 108 Å². The molecule has 4 rings (SSSR count). The normalized spacial score (nSPS) is 15.6. The van der Waals surface area contributed by atoms with E-state index in [1.807, 2.05) is 44.2 Å². The molecule has 24 heteroatoms. The molecule has 8 atom stereocenters. The Morgan fingerprint density at radius 1 is 0.538 bits per heavy atom. The molecule has 0 aliphatic carbocycles. The van der Waals surface area contributed by atoms with Gasteiger partial charge in [-0.2, -0.15) is 0 Å². The van der Waals surface area contributed by atoms with Gasteiger partial charge in [-0.3, -0.25) is 52.9 Å². The number of nitrogens with one attached hydrogen (secondary N) is 6. The average molecular weight is 1080 g/mol. The van der Waals surface area contributed by atoms with Crippen molar-refractivity contribution in [3.8, 4) is 0 Å². The number of likely N-dealkylation sites (tertiary alicyclic amines) is 1. The highest BCUT2D eigenvalue weighted by molar-refractivity contribution is 5.98. The first-order valence-electron chi connectivity index (χ1n) is 26.0. The molecule has 1 aliphatic rings. The number of hydrogen-bond acceptors (Lipinski definition) is 12. The molecule has 1 aliphatic heterocycles. The van der Waals surface area contributed by atoms with E-state index in [2.05, 4.69) is 36.9 Å². The van der Waals surface area contributed by atoms with Crippen molar-refractivity contribution in [3.63, 3.8) is 0 Å². The van der Waals surface area contributed by atoms with Crippen molar-refractivity contribution < 1.29 is 47.9 Å². The van der Waals surface area contributed by atoms with E-state index in [0.717, 1.165) is 5.56 Å². The number of benzene rings is 3. The Bertz CT molecular complexity index is 2550. The molecule has 24 nitrogen and oxygen atoms in total. The van der Waals surface area contributed by atoms with Gasteiger partial charge < -0.3 is 71.2 Å². The lowest BCUT2D eigenvalue weighted by atomic mass is 9.99. The molecule has 0 radical (unpaired) electrons. The van der Waals surface area contributed by atoms with Gasteiger partial charge in [0.1, 0.15) is 42.3 Å². The van der Waals surface area contributed by atoms with Crippen molar-refractivity contribution in [1.82, 2.24) is 36.8 Å². The summed E-state index contributed by atoms with van der Waals surface area (Å²) < 4.78 is 0. The van der Waals surface area contributed by atoms with Crippen LogP contribution in [0.3, 0.4) is 0 Å². The smallest absolute Gasteiger partial charge is 0.245 e. The molecule has 1 heterocycles. The van der Waals surface area contributed by atoms with Crippen LogP contribution in [0.5, 0.6) is 0 Å². The van der Waals surface area contributed by atoms with Crippen molar-refractivity contribution in [2.75, 3.05) is 13.1 Å². The maximum Gasteiger partial charge on any atom is 0.245 e. The first-order valence-corrected chi connectivity index (χ1v) is 26.0. The third kappa shape index (κ3) is 21.3. The fraction of sp³-hybridized carbons (Fsp3) is 0.463. The Labute approximate surface area is 453 Å². The van der Waals surface area contributed by atoms with Crippen LogP contribution < -0.4 is 66.3 Å².